The quantitative estimate of drug-likeness (QED) is 0.167. The Labute approximate surface area is 236 Å². The molecule has 0 radical (unpaired) electrons. The molecule has 0 bridgehead atoms. The van der Waals surface area contributed by atoms with E-state index >= 15 is 4.39 Å². The Hall–Kier alpha value is -5.50. The number of anilines is 1. The van der Waals surface area contributed by atoms with E-state index in [2.05, 4.69) is 26.5 Å². The number of fused-ring (bicyclic) bond motifs is 1. The maximum absolute atomic E-state index is 15.5. The molecule has 3 aromatic heterocycles. The molecule has 0 saturated carbocycles. The monoisotopic (exact) mass is 591 g/mol. The first-order chi connectivity index (χ1) is 20.1. The Balaban J connectivity index is 1.49. The summed E-state index contributed by atoms with van der Waals surface area (Å²) in [5.74, 6) is -4.24. The maximum atomic E-state index is 15.5. The molecule has 212 valence electrons. The van der Waals surface area contributed by atoms with Gasteiger partial charge in [-0.1, -0.05) is 12.6 Å². The molecule has 0 saturated heterocycles. The Morgan fingerprint density at radius 1 is 1.17 bits per heavy atom. The second kappa shape index (κ2) is 11.2. The van der Waals surface area contributed by atoms with Crippen molar-refractivity contribution in [1.82, 2.24) is 19.5 Å². The van der Waals surface area contributed by atoms with Crippen molar-refractivity contribution in [2.75, 3.05) is 4.72 Å². The van der Waals surface area contributed by atoms with Crippen LogP contribution < -0.4 is 10.5 Å². The molecule has 4 N–H and O–H groups in total. The Bertz CT molecular complexity index is 2020. The van der Waals surface area contributed by atoms with E-state index in [9.17, 15) is 22.0 Å². The van der Waals surface area contributed by atoms with Gasteiger partial charge in [-0.3, -0.25) is 14.1 Å². The van der Waals surface area contributed by atoms with Crippen LogP contribution in [-0.2, 0) is 10.0 Å². The zero-order valence-electron chi connectivity index (χ0n) is 21.4. The van der Waals surface area contributed by atoms with Crippen molar-refractivity contribution >= 4 is 50.1 Å². The summed E-state index contributed by atoms with van der Waals surface area (Å²) in [7, 11) is -4.47. The summed E-state index contributed by atoms with van der Waals surface area (Å²) >= 11 is 0. The van der Waals surface area contributed by atoms with Crippen molar-refractivity contribution < 1.29 is 26.4 Å². The van der Waals surface area contributed by atoms with Crippen LogP contribution in [0.15, 0.2) is 96.2 Å². The van der Waals surface area contributed by atoms with Crippen LogP contribution in [0.4, 0.5) is 18.9 Å². The number of nitrogens with zero attached hydrogens (tertiary/aromatic N) is 4. The molecule has 10 nitrogen and oxygen atoms in total. The van der Waals surface area contributed by atoms with E-state index < -0.39 is 49.4 Å². The number of aromatic nitrogens is 4. The minimum Gasteiger partial charge on any atom is -0.404 e. The van der Waals surface area contributed by atoms with Crippen molar-refractivity contribution in [3.05, 3.63) is 121 Å². The second-order valence-corrected chi connectivity index (χ2v) is 10.4. The number of benzene rings is 2. The number of hydrogen-bond acceptors (Lipinski definition) is 7. The van der Waals surface area contributed by atoms with Crippen LogP contribution >= 0.6 is 0 Å². The number of hydrogen-bond donors (Lipinski definition) is 3. The third-order valence-electron chi connectivity index (χ3n) is 6.11. The molecule has 42 heavy (non-hydrogen) atoms. The lowest BCUT2D eigenvalue weighted by molar-refractivity contribution is 0.103. The molecule has 0 unspecified atom stereocenters. The van der Waals surface area contributed by atoms with Gasteiger partial charge in [0, 0.05) is 59.3 Å². The molecule has 14 heteroatoms. The van der Waals surface area contributed by atoms with Crippen molar-refractivity contribution in [3.8, 4) is 0 Å². The number of nitrogens with one attached hydrogen (secondary N) is 2. The van der Waals surface area contributed by atoms with Gasteiger partial charge in [0.1, 0.15) is 29.4 Å². The lowest BCUT2D eigenvalue weighted by atomic mass is 10.00. The highest BCUT2D eigenvalue weighted by molar-refractivity contribution is 7.92. The molecular weight excluding hydrogens is 571 g/mol. The summed E-state index contributed by atoms with van der Waals surface area (Å²) in [6.45, 7) is 3.84. The SMILES string of the molecule is C=C(/N=C\C(=C/N)c1cnc2[nH]cc(C(=O)c3c(F)ccc(NS(=O)(=O)c4cccc(F)c4)c3F)c2c1)n1ccnc1. The normalized spacial score (nSPS) is 12.2. The molecule has 0 atom stereocenters. The predicted octanol–water partition coefficient (Wildman–Crippen LogP) is 4.71. The summed E-state index contributed by atoms with van der Waals surface area (Å²) in [5, 5.41) is 0.211. The minimum atomic E-state index is -4.47. The number of carbonyl (C=O) groups is 1. The van der Waals surface area contributed by atoms with Crippen LogP contribution in [0.25, 0.3) is 22.4 Å². The number of allylic oxidation sites excluding steroid dienone is 1. The van der Waals surface area contributed by atoms with Gasteiger partial charge in [0.15, 0.2) is 5.82 Å². The molecule has 0 aliphatic rings. The Kier molecular flexibility index (Phi) is 7.46. The fourth-order valence-corrected chi connectivity index (χ4v) is 5.09. The molecule has 5 rings (SSSR count). The Morgan fingerprint density at radius 2 is 1.98 bits per heavy atom. The van der Waals surface area contributed by atoms with Gasteiger partial charge < -0.3 is 10.7 Å². The number of ketones is 1. The summed E-state index contributed by atoms with van der Waals surface area (Å²) in [4.78, 5) is 28.2. The summed E-state index contributed by atoms with van der Waals surface area (Å²) in [5.41, 5.74) is 5.01. The molecule has 0 fully saturated rings. The van der Waals surface area contributed by atoms with Crippen LogP contribution in [0.1, 0.15) is 21.5 Å². The van der Waals surface area contributed by atoms with E-state index in [4.69, 9.17) is 5.73 Å². The molecule has 0 aliphatic carbocycles. The molecule has 0 aliphatic heterocycles. The average molecular weight is 592 g/mol. The highest BCUT2D eigenvalue weighted by Crippen LogP contribution is 2.29. The fraction of sp³-hybridized carbons (Fsp3) is 0. The zero-order chi connectivity index (χ0) is 30.0. The third-order valence-corrected chi connectivity index (χ3v) is 7.48. The van der Waals surface area contributed by atoms with Crippen molar-refractivity contribution in [1.29, 1.82) is 0 Å². The van der Waals surface area contributed by atoms with Gasteiger partial charge in [-0.25, -0.2) is 36.5 Å². The maximum Gasteiger partial charge on any atom is 0.262 e. The van der Waals surface area contributed by atoms with Gasteiger partial charge in [0.2, 0.25) is 5.78 Å². The number of rotatable bonds is 9. The highest BCUT2D eigenvalue weighted by Gasteiger charge is 2.26. The topological polar surface area (TPSA) is 148 Å². The van der Waals surface area contributed by atoms with Gasteiger partial charge in [-0.05, 0) is 36.4 Å². The summed E-state index contributed by atoms with van der Waals surface area (Å²) in [6, 6.07) is 7.12. The van der Waals surface area contributed by atoms with E-state index in [-0.39, 0.29) is 16.6 Å². The average Bonchev–Trinajstić information content (AvgIpc) is 3.65. The molecule has 0 amide bonds. The van der Waals surface area contributed by atoms with E-state index in [1.54, 1.807) is 17.0 Å². The number of aliphatic imine (C=N–C) groups is 1. The second-order valence-electron chi connectivity index (χ2n) is 8.76. The number of H-pyrrole nitrogens is 1. The highest BCUT2D eigenvalue weighted by atomic mass is 32.2. The third kappa shape index (κ3) is 5.42. The molecule has 0 spiro atoms. The Morgan fingerprint density at radius 3 is 2.69 bits per heavy atom. The van der Waals surface area contributed by atoms with Gasteiger partial charge in [0.05, 0.1) is 16.1 Å². The first-order valence-corrected chi connectivity index (χ1v) is 13.5. The number of halogens is 3. The van der Waals surface area contributed by atoms with E-state index in [1.165, 1.54) is 37.2 Å². The van der Waals surface area contributed by atoms with Crippen LogP contribution in [0.3, 0.4) is 0 Å². The van der Waals surface area contributed by atoms with Crippen LogP contribution in [0.5, 0.6) is 0 Å². The molecule has 5 aromatic rings. The van der Waals surface area contributed by atoms with Gasteiger partial charge in [-0.15, -0.1) is 0 Å². The van der Waals surface area contributed by atoms with Gasteiger partial charge >= 0.3 is 0 Å². The van der Waals surface area contributed by atoms with E-state index in [0.29, 0.717) is 17.0 Å². The minimum absolute atomic E-state index is 0.140. The number of pyridine rings is 1. The van der Waals surface area contributed by atoms with E-state index in [1.807, 2.05) is 4.72 Å². The molecular formula is C28H20F3N7O3S. The number of nitrogens with two attached hydrogens (primary N) is 1. The number of imidazole rings is 1. The zero-order valence-corrected chi connectivity index (χ0v) is 22.2. The molecule has 3 heterocycles. The predicted molar refractivity (Wildman–Crippen MR) is 151 cm³/mol. The first kappa shape index (κ1) is 28.0. The number of sulfonamides is 1. The lowest BCUT2D eigenvalue weighted by Crippen LogP contribution is -2.16. The first-order valence-electron chi connectivity index (χ1n) is 12.0. The van der Waals surface area contributed by atoms with E-state index in [0.717, 1.165) is 36.4 Å². The fourth-order valence-electron chi connectivity index (χ4n) is 4.00. The largest absolute Gasteiger partial charge is 0.404 e. The number of carbonyl (C=O) groups excluding carboxylic acids is 1. The van der Waals surface area contributed by atoms with Gasteiger partial charge in [-0.2, -0.15) is 0 Å². The standard InChI is InChI=1S/C28H20F3N7O3S/c1-16(38-8-7-33-15-38)34-13-18(11-32)17-9-21-22(14-36-28(21)35-12-17)27(39)25-23(30)5-6-24(26(25)31)37-42(40,41)20-4-2-3-19(29)10-20/h2-15,37H,1,32H2,(H,35,36)/b18-11+,34-13-. The molecule has 2 aromatic carbocycles. The summed E-state index contributed by atoms with van der Waals surface area (Å²) < 4.78 is 72.8. The lowest BCUT2D eigenvalue weighted by Gasteiger charge is -2.12. The van der Waals surface area contributed by atoms with Crippen LogP contribution in [0.2, 0.25) is 0 Å². The van der Waals surface area contributed by atoms with Crippen molar-refractivity contribution in [2.45, 2.75) is 4.90 Å². The van der Waals surface area contributed by atoms with Gasteiger partial charge in [0.25, 0.3) is 10.0 Å². The van der Waals surface area contributed by atoms with Crippen molar-refractivity contribution in [2.24, 2.45) is 10.7 Å². The smallest absolute Gasteiger partial charge is 0.262 e. The summed E-state index contributed by atoms with van der Waals surface area (Å²) in [6.07, 6.45) is 10.1. The van der Waals surface area contributed by atoms with Crippen molar-refractivity contribution in [3.63, 3.8) is 0 Å². The van der Waals surface area contributed by atoms with Crippen LogP contribution in [-0.4, -0.2) is 39.9 Å². The van der Waals surface area contributed by atoms with Crippen LogP contribution in [0, 0.1) is 17.5 Å². The number of aromatic amines is 1.